The minimum absolute atomic E-state index is 0.755. The van der Waals surface area contributed by atoms with Crippen LogP contribution in [0.25, 0.3) is 0 Å². The van der Waals surface area contributed by atoms with Crippen molar-refractivity contribution in [1.29, 1.82) is 0 Å². The zero-order valence-corrected chi connectivity index (χ0v) is 14.1. The van der Waals surface area contributed by atoms with Crippen LogP contribution < -0.4 is 4.74 Å². The number of ether oxygens (including phenoxy) is 1. The summed E-state index contributed by atoms with van der Waals surface area (Å²) in [7, 11) is 1.63. The number of nitrogens with zero attached hydrogens (tertiary/aromatic N) is 4. The van der Waals surface area contributed by atoms with Crippen molar-refractivity contribution in [3.63, 3.8) is 0 Å². The molecule has 0 N–H and O–H groups in total. The summed E-state index contributed by atoms with van der Waals surface area (Å²) in [6.45, 7) is 2.04. The van der Waals surface area contributed by atoms with Gasteiger partial charge in [0, 0.05) is 0 Å². The van der Waals surface area contributed by atoms with Gasteiger partial charge in [-0.2, -0.15) is 20.5 Å². The highest BCUT2D eigenvalue weighted by atomic mass is 16.5. The standard InChI is InChI=1S/C20H18N4O/c1-15-3-5-16(6-4-15)21-22-17-7-9-18(10-8-17)23-24-19-11-13-20(25-2)14-12-19/h3-14H,1-2H3. The molecule has 0 amide bonds. The third kappa shape index (κ3) is 4.81. The topological polar surface area (TPSA) is 58.7 Å². The number of azo groups is 2. The second-order valence-corrected chi connectivity index (χ2v) is 5.45. The molecule has 124 valence electrons. The molecule has 0 spiro atoms. The summed E-state index contributed by atoms with van der Waals surface area (Å²) < 4.78 is 5.11. The minimum atomic E-state index is 0.755. The second-order valence-electron chi connectivity index (χ2n) is 5.45. The molecule has 0 unspecified atom stereocenters. The van der Waals surface area contributed by atoms with E-state index in [1.54, 1.807) is 7.11 Å². The van der Waals surface area contributed by atoms with E-state index in [1.165, 1.54) is 5.56 Å². The van der Waals surface area contributed by atoms with Crippen LogP contribution in [0, 0.1) is 6.92 Å². The predicted octanol–water partition coefficient (Wildman–Crippen LogP) is 6.83. The van der Waals surface area contributed by atoms with Crippen LogP contribution in [0.4, 0.5) is 22.7 Å². The van der Waals surface area contributed by atoms with E-state index in [2.05, 4.69) is 20.5 Å². The third-order valence-electron chi connectivity index (χ3n) is 3.52. The molecule has 3 rings (SSSR count). The van der Waals surface area contributed by atoms with E-state index in [-0.39, 0.29) is 0 Å². The molecule has 25 heavy (non-hydrogen) atoms. The van der Waals surface area contributed by atoms with Crippen LogP contribution >= 0.6 is 0 Å². The summed E-state index contributed by atoms with van der Waals surface area (Å²) in [5.74, 6) is 0.794. The van der Waals surface area contributed by atoms with Gasteiger partial charge in [0.2, 0.25) is 0 Å². The maximum absolute atomic E-state index is 5.11. The van der Waals surface area contributed by atoms with Crippen LogP contribution in [0.2, 0.25) is 0 Å². The van der Waals surface area contributed by atoms with Gasteiger partial charge in [0.05, 0.1) is 29.9 Å². The molecule has 0 aliphatic heterocycles. The average Bonchev–Trinajstić information content (AvgIpc) is 2.67. The van der Waals surface area contributed by atoms with Crippen molar-refractivity contribution in [3.8, 4) is 5.75 Å². The second kappa shape index (κ2) is 7.97. The Bertz CT molecular complexity index is 867. The summed E-state index contributed by atoms with van der Waals surface area (Å²) in [5.41, 5.74) is 4.32. The molecule has 0 radical (unpaired) electrons. The Kier molecular flexibility index (Phi) is 5.26. The average molecular weight is 330 g/mol. The molecular formula is C20H18N4O. The molecule has 0 heterocycles. The fourth-order valence-corrected chi connectivity index (χ4v) is 2.08. The minimum Gasteiger partial charge on any atom is -0.497 e. The van der Waals surface area contributed by atoms with E-state index in [4.69, 9.17) is 4.74 Å². The summed E-state index contributed by atoms with van der Waals surface area (Å²) in [6.07, 6.45) is 0. The van der Waals surface area contributed by atoms with Gasteiger partial charge < -0.3 is 4.74 Å². The zero-order valence-electron chi connectivity index (χ0n) is 14.1. The predicted molar refractivity (Wildman–Crippen MR) is 99.0 cm³/mol. The highest BCUT2D eigenvalue weighted by Crippen LogP contribution is 2.24. The molecule has 0 aliphatic rings. The summed E-state index contributed by atoms with van der Waals surface area (Å²) in [6, 6.07) is 22.7. The summed E-state index contributed by atoms with van der Waals surface area (Å²) in [5, 5.41) is 16.9. The molecule has 5 heteroatoms. The third-order valence-corrected chi connectivity index (χ3v) is 3.52. The first-order valence-electron chi connectivity index (χ1n) is 7.87. The molecule has 5 nitrogen and oxygen atoms in total. The molecule has 0 bridgehead atoms. The molecule has 0 aromatic heterocycles. The Labute approximate surface area is 146 Å². The highest BCUT2D eigenvalue weighted by molar-refractivity contribution is 5.48. The van der Waals surface area contributed by atoms with Gasteiger partial charge in [0.1, 0.15) is 5.75 Å². The van der Waals surface area contributed by atoms with Crippen molar-refractivity contribution in [3.05, 3.63) is 78.4 Å². The van der Waals surface area contributed by atoms with Crippen LogP contribution in [-0.2, 0) is 0 Å². The fraction of sp³-hybridized carbons (Fsp3) is 0.100. The number of aryl methyl sites for hydroxylation is 1. The van der Waals surface area contributed by atoms with Crippen molar-refractivity contribution >= 4 is 22.7 Å². The van der Waals surface area contributed by atoms with E-state index in [0.29, 0.717) is 0 Å². The number of methoxy groups -OCH3 is 1. The van der Waals surface area contributed by atoms with Gasteiger partial charge in [-0.3, -0.25) is 0 Å². The molecule has 0 saturated heterocycles. The first kappa shape index (κ1) is 16.5. The SMILES string of the molecule is COc1ccc(N=Nc2ccc(N=Nc3ccc(C)cc3)cc2)cc1. The van der Waals surface area contributed by atoms with E-state index in [0.717, 1.165) is 28.5 Å². The Morgan fingerprint density at radius 3 is 1.20 bits per heavy atom. The van der Waals surface area contributed by atoms with Crippen molar-refractivity contribution < 1.29 is 4.74 Å². The van der Waals surface area contributed by atoms with Crippen molar-refractivity contribution in [2.75, 3.05) is 7.11 Å². The fourth-order valence-electron chi connectivity index (χ4n) is 2.08. The van der Waals surface area contributed by atoms with Gasteiger partial charge in [-0.05, 0) is 67.6 Å². The molecule has 0 atom stereocenters. The van der Waals surface area contributed by atoms with Crippen LogP contribution in [0.5, 0.6) is 5.75 Å². The summed E-state index contributed by atoms with van der Waals surface area (Å²) in [4.78, 5) is 0. The maximum atomic E-state index is 5.11. The molecule has 3 aromatic rings. The molecule has 0 aliphatic carbocycles. The van der Waals surface area contributed by atoms with E-state index in [1.807, 2.05) is 79.7 Å². The van der Waals surface area contributed by atoms with E-state index < -0.39 is 0 Å². The van der Waals surface area contributed by atoms with Crippen LogP contribution in [0.3, 0.4) is 0 Å². The normalized spacial score (nSPS) is 11.3. The largest absolute Gasteiger partial charge is 0.497 e. The molecule has 3 aromatic carbocycles. The number of rotatable bonds is 5. The Hall–Kier alpha value is -3.34. The number of benzene rings is 3. The van der Waals surface area contributed by atoms with Gasteiger partial charge in [-0.1, -0.05) is 17.7 Å². The Morgan fingerprint density at radius 2 is 0.840 bits per heavy atom. The number of hydrogen-bond donors (Lipinski definition) is 0. The molecule has 0 fully saturated rings. The quantitative estimate of drug-likeness (QED) is 0.473. The first-order valence-corrected chi connectivity index (χ1v) is 7.87. The highest BCUT2D eigenvalue weighted by Gasteiger charge is 1.95. The Balaban J connectivity index is 1.65. The van der Waals surface area contributed by atoms with Gasteiger partial charge in [0.25, 0.3) is 0 Å². The van der Waals surface area contributed by atoms with Crippen LogP contribution in [0.1, 0.15) is 5.56 Å². The monoisotopic (exact) mass is 330 g/mol. The lowest BCUT2D eigenvalue weighted by molar-refractivity contribution is 0.415. The van der Waals surface area contributed by atoms with Crippen molar-refractivity contribution in [2.24, 2.45) is 20.5 Å². The first-order chi connectivity index (χ1) is 12.2. The van der Waals surface area contributed by atoms with Crippen molar-refractivity contribution in [1.82, 2.24) is 0 Å². The zero-order chi connectivity index (χ0) is 17.5. The molecule has 0 saturated carbocycles. The van der Waals surface area contributed by atoms with Crippen molar-refractivity contribution in [2.45, 2.75) is 6.92 Å². The number of hydrogen-bond acceptors (Lipinski definition) is 5. The summed E-state index contributed by atoms with van der Waals surface area (Å²) >= 11 is 0. The van der Waals surface area contributed by atoms with E-state index >= 15 is 0 Å². The van der Waals surface area contributed by atoms with Crippen LogP contribution in [0.15, 0.2) is 93.3 Å². The lowest BCUT2D eigenvalue weighted by atomic mass is 10.2. The van der Waals surface area contributed by atoms with Gasteiger partial charge in [-0.15, -0.1) is 0 Å². The van der Waals surface area contributed by atoms with Gasteiger partial charge in [0.15, 0.2) is 0 Å². The lowest BCUT2D eigenvalue weighted by Gasteiger charge is -1.98. The van der Waals surface area contributed by atoms with Gasteiger partial charge in [-0.25, -0.2) is 0 Å². The van der Waals surface area contributed by atoms with Crippen LogP contribution in [-0.4, -0.2) is 7.11 Å². The lowest BCUT2D eigenvalue weighted by Crippen LogP contribution is -1.79. The van der Waals surface area contributed by atoms with Gasteiger partial charge >= 0.3 is 0 Å². The van der Waals surface area contributed by atoms with E-state index in [9.17, 15) is 0 Å². The smallest absolute Gasteiger partial charge is 0.119 e. The maximum Gasteiger partial charge on any atom is 0.119 e. The molecular weight excluding hydrogens is 312 g/mol. The Morgan fingerprint density at radius 1 is 0.520 bits per heavy atom.